The Kier molecular flexibility index (Phi) is 2.32. The predicted octanol–water partition coefficient (Wildman–Crippen LogP) is 2.91. The Balaban J connectivity index is 2.05. The van der Waals surface area contributed by atoms with Gasteiger partial charge in [-0.1, -0.05) is 13.5 Å². The molecule has 2 saturated heterocycles. The van der Waals surface area contributed by atoms with E-state index >= 15 is 0 Å². The van der Waals surface area contributed by atoms with E-state index in [9.17, 15) is 5.11 Å². The highest BCUT2D eigenvalue weighted by molar-refractivity contribution is 5.24. The van der Waals surface area contributed by atoms with Gasteiger partial charge in [0.05, 0.1) is 11.7 Å². The highest BCUT2D eigenvalue weighted by atomic mass is 16.5. The third-order valence-electron chi connectivity index (χ3n) is 5.81. The fourth-order valence-corrected chi connectivity index (χ4v) is 4.75. The molecule has 2 bridgehead atoms. The quantitative estimate of drug-likeness (QED) is 0.709. The van der Waals surface area contributed by atoms with Gasteiger partial charge in [0.2, 0.25) is 0 Å². The molecule has 0 aromatic heterocycles. The molecule has 3 rings (SSSR count). The molecule has 0 aromatic carbocycles. The molecule has 0 aromatic rings. The molecule has 2 heteroatoms. The molecule has 1 aliphatic carbocycles. The van der Waals surface area contributed by atoms with Gasteiger partial charge in [-0.2, -0.15) is 0 Å². The molecule has 1 unspecified atom stereocenters. The van der Waals surface area contributed by atoms with Crippen LogP contribution >= 0.6 is 0 Å². The van der Waals surface area contributed by atoms with Crippen LogP contribution in [-0.4, -0.2) is 22.4 Å². The molecule has 96 valence electrons. The zero-order chi connectivity index (χ0) is 12.4. The van der Waals surface area contributed by atoms with E-state index in [0.29, 0.717) is 17.8 Å². The third kappa shape index (κ3) is 1.29. The number of hydrogen-bond donors (Lipinski definition) is 1. The molecule has 3 aliphatic rings. The van der Waals surface area contributed by atoms with Crippen LogP contribution in [0, 0.1) is 17.8 Å². The van der Waals surface area contributed by atoms with Crippen LogP contribution in [0.3, 0.4) is 0 Å². The van der Waals surface area contributed by atoms with E-state index in [1.165, 1.54) is 12.8 Å². The molecular formula is C15H24O2. The Hall–Kier alpha value is -0.340. The van der Waals surface area contributed by atoms with Gasteiger partial charge >= 0.3 is 0 Å². The Morgan fingerprint density at radius 2 is 2.06 bits per heavy atom. The first kappa shape index (κ1) is 11.7. The lowest BCUT2D eigenvalue weighted by Gasteiger charge is -2.50. The van der Waals surface area contributed by atoms with Crippen molar-refractivity contribution >= 4 is 0 Å². The van der Waals surface area contributed by atoms with E-state index in [0.717, 1.165) is 18.4 Å². The predicted molar refractivity (Wildman–Crippen MR) is 67.7 cm³/mol. The van der Waals surface area contributed by atoms with Crippen molar-refractivity contribution in [2.75, 3.05) is 0 Å². The van der Waals surface area contributed by atoms with Crippen LogP contribution < -0.4 is 0 Å². The van der Waals surface area contributed by atoms with E-state index in [1.807, 2.05) is 6.92 Å². The average molecular weight is 236 g/mol. The topological polar surface area (TPSA) is 29.5 Å². The minimum absolute atomic E-state index is 0.0202. The SMILES string of the molecule is C=C(C)[C@]12CC[C@](C)(O1)[C@@H]1CC[C@@H](C)C1[C@@H]2O. The molecule has 2 aliphatic heterocycles. The van der Waals surface area contributed by atoms with Gasteiger partial charge in [-0.15, -0.1) is 0 Å². The van der Waals surface area contributed by atoms with Crippen LogP contribution in [0.5, 0.6) is 0 Å². The van der Waals surface area contributed by atoms with Gasteiger partial charge in [0.1, 0.15) is 5.60 Å². The molecule has 6 atom stereocenters. The number of rotatable bonds is 1. The van der Waals surface area contributed by atoms with Crippen LogP contribution in [0.15, 0.2) is 12.2 Å². The molecule has 1 N–H and O–H groups in total. The van der Waals surface area contributed by atoms with Gasteiger partial charge < -0.3 is 9.84 Å². The summed E-state index contributed by atoms with van der Waals surface area (Å²) in [6, 6.07) is 0. The molecule has 0 spiro atoms. The maximum absolute atomic E-state index is 10.8. The summed E-state index contributed by atoms with van der Waals surface area (Å²) in [4.78, 5) is 0. The first-order chi connectivity index (χ1) is 7.91. The summed E-state index contributed by atoms with van der Waals surface area (Å²) >= 11 is 0. The van der Waals surface area contributed by atoms with E-state index in [4.69, 9.17) is 4.74 Å². The highest BCUT2D eigenvalue weighted by Gasteiger charge is 2.65. The fraction of sp³-hybridized carbons (Fsp3) is 0.867. The van der Waals surface area contributed by atoms with Crippen molar-refractivity contribution in [3.05, 3.63) is 12.2 Å². The maximum Gasteiger partial charge on any atom is 0.115 e. The zero-order valence-corrected chi connectivity index (χ0v) is 11.2. The molecular weight excluding hydrogens is 212 g/mol. The minimum Gasteiger partial charge on any atom is -0.389 e. The van der Waals surface area contributed by atoms with Crippen LogP contribution in [0.25, 0.3) is 0 Å². The molecule has 0 radical (unpaired) electrons. The molecule has 3 fully saturated rings. The molecule has 2 nitrogen and oxygen atoms in total. The van der Waals surface area contributed by atoms with E-state index in [-0.39, 0.29) is 11.7 Å². The number of hydrogen-bond acceptors (Lipinski definition) is 2. The van der Waals surface area contributed by atoms with Gasteiger partial charge in [-0.3, -0.25) is 0 Å². The molecule has 17 heavy (non-hydrogen) atoms. The van der Waals surface area contributed by atoms with Crippen molar-refractivity contribution in [1.82, 2.24) is 0 Å². The summed E-state index contributed by atoms with van der Waals surface area (Å²) in [6.45, 7) is 10.6. The van der Waals surface area contributed by atoms with Gasteiger partial charge in [-0.05, 0) is 62.9 Å². The van der Waals surface area contributed by atoms with Crippen molar-refractivity contribution < 1.29 is 9.84 Å². The van der Waals surface area contributed by atoms with Crippen molar-refractivity contribution in [2.24, 2.45) is 17.8 Å². The number of aliphatic hydroxyl groups excluding tert-OH is 1. The molecule has 1 saturated carbocycles. The zero-order valence-electron chi connectivity index (χ0n) is 11.2. The summed E-state index contributed by atoms with van der Waals surface area (Å²) in [7, 11) is 0. The second-order valence-corrected chi connectivity index (χ2v) is 6.77. The van der Waals surface area contributed by atoms with Crippen molar-refractivity contribution in [1.29, 1.82) is 0 Å². The normalized spacial score (nSPS) is 56.9. The first-order valence-electron chi connectivity index (χ1n) is 6.95. The maximum atomic E-state index is 10.8. The van der Waals surface area contributed by atoms with Crippen molar-refractivity contribution in [3.8, 4) is 0 Å². The largest absolute Gasteiger partial charge is 0.389 e. The number of aliphatic hydroxyl groups is 1. The monoisotopic (exact) mass is 236 g/mol. The lowest BCUT2D eigenvalue weighted by Crippen LogP contribution is -2.58. The van der Waals surface area contributed by atoms with Gasteiger partial charge in [0.25, 0.3) is 0 Å². The van der Waals surface area contributed by atoms with E-state index in [1.54, 1.807) is 0 Å². The molecule has 0 amide bonds. The van der Waals surface area contributed by atoms with Gasteiger partial charge in [0, 0.05) is 0 Å². The lowest BCUT2D eigenvalue weighted by molar-refractivity contribution is -0.220. The van der Waals surface area contributed by atoms with Gasteiger partial charge in [0.15, 0.2) is 0 Å². The minimum atomic E-state index is -0.450. The Morgan fingerprint density at radius 1 is 1.35 bits per heavy atom. The van der Waals surface area contributed by atoms with Crippen LogP contribution in [0.4, 0.5) is 0 Å². The summed E-state index contributed by atoms with van der Waals surface area (Å²) in [6.07, 6.45) is 4.12. The van der Waals surface area contributed by atoms with Crippen molar-refractivity contribution in [2.45, 2.75) is 63.8 Å². The van der Waals surface area contributed by atoms with Crippen LogP contribution in [0.2, 0.25) is 0 Å². The summed E-state index contributed by atoms with van der Waals surface area (Å²) in [5.41, 5.74) is 0.536. The number of ether oxygens (including phenoxy) is 1. The van der Waals surface area contributed by atoms with Crippen LogP contribution in [0.1, 0.15) is 46.5 Å². The first-order valence-corrected chi connectivity index (χ1v) is 6.95. The second-order valence-electron chi connectivity index (χ2n) is 6.77. The number of fused-ring (bicyclic) bond motifs is 4. The molecule has 2 heterocycles. The Labute approximate surface area is 104 Å². The van der Waals surface area contributed by atoms with Crippen molar-refractivity contribution in [3.63, 3.8) is 0 Å². The summed E-state index contributed by atoms with van der Waals surface area (Å²) in [5, 5.41) is 10.8. The Morgan fingerprint density at radius 3 is 2.71 bits per heavy atom. The van der Waals surface area contributed by atoms with E-state index < -0.39 is 5.60 Å². The smallest absolute Gasteiger partial charge is 0.115 e. The third-order valence-corrected chi connectivity index (χ3v) is 5.81. The Bertz CT molecular complexity index is 364. The standard InChI is InChI=1S/C15H24O2/c1-9(2)15-8-7-14(4,17-15)11-6-5-10(3)12(11)13(15)16/h10-13,16H,1,5-8H2,2-4H3/t10-,11-,12?,13+,14+,15+/m1/s1. The van der Waals surface area contributed by atoms with Crippen LogP contribution in [-0.2, 0) is 4.74 Å². The lowest BCUT2D eigenvalue weighted by atomic mass is 9.71. The summed E-state index contributed by atoms with van der Waals surface area (Å²) in [5.74, 6) is 1.57. The van der Waals surface area contributed by atoms with E-state index in [2.05, 4.69) is 20.4 Å². The second kappa shape index (κ2) is 3.36. The average Bonchev–Trinajstić information content (AvgIpc) is 2.78. The fourth-order valence-electron chi connectivity index (χ4n) is 4.75. The highest BCUT2D eigenvalue weighted by Crippen LogP contribution is 2.61. The summed E-state index contributed by atoms with van der Waals surface area (Å²) < 4.78 is 6.36. The van der Waals surface area contributed by atoms with Gasteiger partial charge in [-0.25, -0.2) is 0 Å².